The Morgan fingerprint density at radius 3 is 2.80 bits per heavy atom. The molecule has 1 aliphatic rings. The molecule has 0 amide bonds. The number of allylic oxidation sites excluding steroid dienone is 1. The Labute approximate surface area is 88.8 Å². The first-order chi connectivity index (χ1) is 7.07. The molecule has 0 unspecified atom stereocenters. The van der Waals surface area contributed by atoms with Crippen LogP contribution in [0.5, 0.6) is 0 Å². The van der Waals surface area contributed by atoms with Crippen LogP contribution in [0.2, 0.25) is 0 Å². The van der Waals surface area contributed by atoms with E-state index in [4.69, 9.17) is 4.74 Å². The van der Waals surface area contributed by atoms with Gasteiger partial charge in [0.05, 0.1) is 0 Å². The predicted octanol–water partition coefficient (Wildman–Crippen LogP) is 2.19. The predicted molar refractivity (Wildman–Crippen MR) is 57.0 cm³/mol. The quantitative estimate of drug-likeness (QED) is 0.702. The Morgan fingerprint density at radius 1 is 1.40 bits per heavy atom. The molecule has 15 heavy (non-hydrogen) atoms. The SMILES string of the molecule is CC1(C)CC(=O)C=C(c2ccccn2)O1. The molecule has 0 saturated heterocycles. The number of hydrogen-bond acceptors (Lipinski definition) is 3. The van der Waals surface area contributed by atoms with Crippen molar-refractivity contribution in [3.05, 3.63) is 36.2 Å². The lowest BCUT2D eigenvalue weighted by Crippen LogP contribution is -2.30. The van der Waals surface area contributed by atoms with Crippen LogP contribution in [0, 0.1) is 0 Å². The number of ketones is 1. The lowest BCUT2D eigenvalue weighted by molar-refractivity contribution is -0.119. The van der Waals surface area contributed by atoms with Gasteiger partial charge in [-0.25, -0.2) is 0 Å². The summed E-state index contributed by atoms with van der Waals surface area (Å²) in [6, 6.07) is 5.54. The minimum Gasteiger partial charge on any atom is -0.485 e. The largest absolute Gasteiger partial charge is 0.485 e. The van der Waals surface area contributed by atoms with Crippen LogP contribution in [0.25, 0.3) is 5.76 Å². The average molecular weight is 203 g/mol. The molecule has 3 heteroatoms. The lowest BCUT2D eigenvalue weighted by Gasteiger charge is -2.30. The Bertz CT molecular complexity index is 407. The van der Waals surface area contributed by atoms with E-state index >= 15 is 0 Å². The van der Waals surface area contributed by atoms with Crippen molar-refractivity contribution in [1.82, 2.24) is 4.98 Å². The van der Waals surface area contributed by atoms with E-state index in [1.165, 1.54) is 6.08 Å². The average Bonchev–Trinajstić information content (AvgIpc) is 2.16. The zero-order chi connectivity index (χ0) is 10.9. The molecule has 0 fully saturated rings. The first-order valence-electron chi connectivity index (χ1n) is 4.92. The second-order valence-electron chi connectivity index (χ2n) is 4.23. The highest BCUT2D eigenvalue weighted by Crippen LogP contribution is 2.29. The highest BCUT2D eigenvalue weighted by atomic mass is 16.5. The molecule has 78 valence electrons. The van der Waals surface area contributed by atoms with Crippen LogP contribution in [-0.2, 0) is 9.53 Å². The maximum Gasteiger partial charge on any atom is 0.163 e. The Kier molecular flexibility index (Phi) is 2.31. The Balaban J connectivity index is 2.35. The molecule has 0 N–H and O–H groups in total. The molecule has 1 aromatic heterocycles. The van der Waals surface area contributed by atoms with E-state index in [1.807, 2.05) is 32.0 Å². The maximum absolute atomic E-state index is 11.5. The fraction of sp³-hybridized carbons (Fsp3) is 0.333. The molecule has 0 spiro atoms. The van der Waals surface area contributed by atoms with Gasteiger partial charge in [-0.15, -0.1) is 0 Å². The molecular weight excluding hydrogens is 190 g/mol. The van der Waals surface area contributed by atoms with Crippen LogP contribution >= 0.6 is 0 Å². The van der Waals surface area contributed by atoms with Gasteiger partial charge in [0.1, 0.15) is 17.1 Å². The standard InChI is InChI=1S/C12H13NO2/c1-12(2)8-9(14)7-11(15-12)10-5-3-4-6-13-10/h3-7H,8H2,1-2H3. The number of aromatic nitrogens is 1. The van der Waals surface area contributed by atoms with Crippen molar-refractivity contribution in [1.29, 1.82) is 0 Å². The van der Waals surface area contributed by atoms with Gasteiger partial charge in [0.2, 0.25) is 0 Å². The van der Waals surface area contributed by atoms with Gasteiger partial charge in [0.25, 0.3) is 0 Å². The minimum absolute atomic E-state index is 0.0897. The highest BCUT2D eigenvalue weighted by Gasteiger charge is 2.29. The zero-order valence-electron chi connectivity index (χ0n) is 8.86. The van der Waals surface area contributed by atoms with E-state index in [1.54, 1.807) is 6.20 Å². The molecule has 2 heterocycles. The molecule has 1 aliphatic heterocycles. The molecule has 0 radical (unpaired) electrons. The number of carbonyl (C=O) groups excluding carboxylic acids is 1. The second kappa shape index (κ2) is 3.50. The van der Waals surface area contributed by atoms with Gasteiger partial charge >= 0.3 is 0 Å². The molecule has 0 aromatic carbocycles. The fourth-order valence-electron chi connectivity index (χ4n) is 1.61. The van der Waals surface area contributed by atoms with Crippen molar-refractivity contribution in [3.63, 3.8) is 0 Å². The molecular formula is C12H13NO2. The van der Waals surface area contributed by atoms with Gasteiger partial charge in [-0.1, -0.05) is 6.07 Å². The van der Waals surface area contributed by atoms with Gasteiger partial charge in [0.15, 0.2) is 5.78 Å². The summed E-state index contributed by atoms with van der Waals surface area (Å²) in [4.78, 5) is 15.6. The summed E-state index contributed by atoms with van der Waals surface area (Å²) < 4.78 is 5.71. The third-order valence-electron chi connectivity index (χ3n) is 2.20. The van der Waals surface area contributed by atoms with E-state index in [0.717, 1.165) is 0 Å². The number of nitrogens with zero attached hydrogens (tertiary/aromatic N) is 1. The molecule has 0 bridgehead atoms. The van der Waals surface area contributed by atoms with Gasteiger partial charge in [-0.2, -0.15) is 0 Å². The zero-order valence-corrected chi connectivity index (χ0v) is 8.86. The van der Waals surface area contributed by atoms with Crippen LogP contribution < -0.4 is 0 Å². The highest BCUT2D eigenvalue weighted by molar-refractivity contribution is 5.97. The number of hydrogen-bond donors (Lipinski definition) is 0. The van der Waals surface area contributed by atoms with Crippen molar-refractivity contribution in [2.24, 2.45) is 0 Å². The lowest BCUT2D eigenvalue weighted by atomic mass is 9.98. The monoisotopic (exact) mass is 203 g/mol. The van der Waals surface area contributed by atoms with Crippen molar-refractivity contribution in [2.45, 2.75) is 25.9 Å². The summed E-state index contributed by atoms with van der Waals surface area (Å²) in [7, 11) is 0. The van der Waals surface area contributed by atoms with Gasteiger partial charge in [-0.3, -0.25) is 9.78 Å². The number of rotatable bonds is 1. The van der Waals surface area contributed by atoms with E-state index in [9.17, 15) is 4.79 Å². The maximum atomic E-state index is 11.5. The molecule has 0 saturated carbocycles. The first kappa shape index (κ1) is 9.90. The van der Waals surface area contributed by atoms with Crippen LogP contribution in [-0.4, -0.2) is 16.4 Å². The molecule has 3 nitrogen and oxygen atoms in total. The van der Waals surface area contributed by atoms with Crippen molar-refractivity contribution < 1.29 is 9.53 Å². The molecule has 1 aromatic rings. The molecule has 0 aliphatic carbocycles. The van der Waals surface area contributed by atoms with E-state index < -0.39 is 5.60 Å². The normalized spacial score (nSPS) is 19.3. The number of carbonyl (C=O) groups is 1. The third-order valence-corrected chi connectivity index (χ3v) is 2.20. The Morgan fingerprint density at radius 2 is 2.20 bits per heavy atom. The minimum atomic E-state index is -0.432. The summed E-state index contributed by atoms with van der Waals surface area (Å²) in [6.45, 7) is 3.81. The molecule has 0 atom stereocenters. The summed E-state index contributed by atoms with van der Waals surface area (Å²) in [6.07, 6.45) is 3.63. The van der Waals surface area contributed by atoms with Crippen LogP contribution in [0.15, 0.2) is 30.5 Å². The summed E-state index contributed by atoms with van der Waals surface area (Å²) in [5.41, 5.74) is 0.275. The Hall–Kier alpha value is -1.64. The smallest absolute Gasteiger partial charge is 0.163 e. The summed E-state index contributed by atoms with van der Waals surface area (Å²) >= 11 is 0. The number of ether oxygens (including phenoxy) is 1. The summed E-state index contributed by atoms with van der Waals surface area (Å²) in [5.74, 6) is 0.656. The van der Waals surface area contributed by atoms with E-state index in [0.29, 0.717) is 17.9 Å². The van der Waals surface area contributed by atoms with E-state index in [2.05, 4.69) is 4.98 Å². The van der Waals surface area contributed by atoms with Crippen LogP contribution in [0.3, 0.4) is 0 Å². The van der Waals surface area contributed by atoms with E-state index in [-0.39, 0.29) is 5.78 Å². The topological polar surface area (TPSA) is 39.2 Å². The number of pyridine rings is 1. The molecule has 2 rings (SSSR count). The second-order valence-corrected chi connectivity index (χ2v) is 4.23. The first-order valence-corrected chi connectivity index (χ1v) is 4.92. The van der Waals surface area contributed by atoms with Crippen LogP contribution in [0.1, 0.15) is 26.0 Å². The fourth-order valence-corrected chi connectivity index (χ4v) is 1.61. The van der Waals surface area contributed by atoms with Gasteiger partial charge in [0, 0.05) is 18.7 Å². The van der Waals surface area contributed by atoms with Gasteiger partial charge in [-0.05, 0) is 26.0 Å². The third kappa shape index (κ3) is 2.24. The van der Waals surface area contributed by atoms with Crippen LogP contribution in [0.4, 0.5) is 0 Å². The van der Waals surface area contributed by atoms with Crippen molar-refractivity contribution in [2.75, 3.05) is 0 Å². The van der Waals surface area contributed by atoms with Gasteiger partial charge < -0.3 is 4.74 Å². The van der Waals surface area contributed by atoms with Crippen molar-refractivity contribution >= 4 is 11.5 Å². The van der Waals surface area contributed by atoms with Crippen molar-refractivity contribution in [3.8, 4) is 0 Å². The summed E-state index contributed by atoms with van der Waals surface area (Å²) in [5, 5.41) is 0.